The smallest absolute Gasteiger partial charge is 0.0438 e. The van der Waals surface area contributed by atoms with E-state index in [-0.39, 0.29) is 5.54 Å². The van der Waals surface area contributed by atoms with Gasteiger partial charge in [0.1, 0.15) is 0 Å². The van der Waals surface area contributed by atoms with Crippen LogP contribution >= 0.6 is 0 Å². The van der Waals surface area contributed by atoms with E-state index in [0.29, 0.717) is 5.92 Å². The molecular formula is C20H25N. The second-order valence-electron chi connectivity index (χ2n) is 6.77. The molecule has 0 aliphatic heterocycles. The maximum atomic E-state index is 6.80. The molecule has 0 saturated heterocycles. The van der Waals surface area contributed by atoms with Gasteiger partial charge in [0.05, 0.1) is 0 Å². The summed E-state index contributed by atoms with van der Waals surface area (Å²) in [4.78, 5) is 0. The number of nitrogens with two attached hydrogens (primary N) is 1. The Kier molecular flexibility index (Phi) is 3.86. The fourth-order valence-electron chi connectivity index (χ4n) is 3.68. The van der Waals surface area contributed by atoms with E-state index >= 15 is 0 Å². The summed E-state index contributed by atoms with van der Waals surface area (Å²) in [6, 6.07) is 19.4. The Morgan fingerprint density at radius 3 is 2.14 bits per heavy atom. The van der Waals surface area contributed by atoms with Crippen LogP contribution in [0, 0.1) is 11.8 Å². The van der Waals surface area contributed by atoms with E-state index in [1.807, 2.05) is 0 Å². The van der Waals surface area contributed by atoms with Gasteiger partial charge in [0, 0.05) is 5.54 Å². The molecule has 3 unspecified atom stereocenters. The number of hydrogen-bond donors (Lipinski definition) is 1. The molecule has 1 fully saturated rings. The lowest BCUT2D eigenvalue weighted by molar-refractivity contribution is 0.162. The van der Waals surface area contributed by atoms with Crippen molar-refractivity contribution in [2.24, 2.45) is 17.6 Å². The van der Waals surface area contributed by atoms with Crippen LogP contribution in [-0.2, 0) is 5.54 Å². The Bertz CT molecular complexity index is 587. The highest BCUT2D eigenvalue weighted by Gasteiger charge is 2.38. The van der Waals surface area contributed by atoms with E-state index in [0.717, 1.165) is 12.3 Å². The largest absolute Gasteiger partial charge is 0.321 e. The van der Waals surface area contributed by atoms with E-state index < -0.39 is 0 Å². The van der Waals surface area contributed by atoms with E-state index in [2.05, 4.69) is 68.4 Å². The van der Waals surface area contributed by atoms with E-state index in [4.69, 9.17) is 5.73 Å². The van der Waals surface area contributed by atoms with Crippen LogP contribution in [0.1, 0.15) is 38.7 Å². The van der Waals surface area contributed by atoms with E-state index in [9.17, 15) is 0 Å². The first-order valence-electron chi connectivity index (χ1n) is 8.04. The third-order valence-electron chi connectivity index (χ3n) is 5.19. The lowest BCUT2D eigenvalue weighted by atomic mass is 9.67. The van der Waals surface area contributed by atoms with Gasteiger partial charge in [0.2, 0.25) is 0 Å². The van der Waals surface area contributed by atoms with Crippen molar-refractivity contribution in [2.75, 3.05) is 0 Å². The minimum absolute atomic E-state index is 0.160. The molecule has 3 atom stereocenters. The summed E-state index contributed by atoms with van der Waals surface area (Å²) < 4.78 is 0. The molecule has 1 nitrogen and oxygen atoms in total. The van der Waals surface area contributed by atoms with Crippen molar-refractivity contribution < 1.29 is 0 Å². The third-order valence-corrected chi connectivity index (χ3v) is 5.19. The SMILES string of the molecule is CC1CCC(C)C(N)(c2ccc(-c3ccccc3)cc2)C1. The van der Waals surface area contributed by atoms with Crippen molar-refractivity contribution in [1.82, 2.24) is 0 Å². The Morgan fingerprint density at radius 1 is 0.857 bits per heavy atom. The number of hydrogen-bond acceptors (Lipinski definition) is 1. The molecule has 2 aromatic rings. The van der Waals surface area contributed by atoms with Crippen molar-refractivity contribution in [3.63, 3.8) is 0 Å². The quantitative estimate of drug-likeness (QED) is 0.825. The lowest BCUT2D eigenvalue weighted by Gasteiger charge is -2.42. The fraction of sp³-hybridized carbons (Fsp3) is 0.400. The second kappa shape index (κ2) is 5.65. The molecule has 0 bridgehead atoms. The first kappa shape index (κ1) is 14.3. The fourth-order valence-corrected chi connectivity index (χ4v) is 3.68. The van der Waals surface area contributed by atoms with Crippen molar-refractivity contribution in [2.45, 2.75) is 38.6 Å². The average Bonchev–Trinajstić information content (AvgIpc) is 2.52. The molecule has 3 rings (SSSR count). The first-order valence-corrected chi connectivity index (χ1v) is 8.04. The van der Waals surface area contributed by atoms with Crippen LogP contribution in [0.15, 0.2) is 54.6 Å². The Labute approximate surface area is 128 Å². The maximum absolute atomic E-state index is 6.80. The molecule has 21 heavy (non-hydrogen) atoms. The molecular weight excluding hydrogens is 254 g/mol. The zero-order chi connectivity index (χ0) is 14.9. The van der Waals surface area contributed by atoms with Crippen LogP contribution in [0.2, 0.25) is 0 Å². The van der Waals surface area contributed by atoms with Gasteiger partial charge >= 0.3 is 0 Å². The van der Waals surface area contributed by atoms with Crippen LogP contribution in [0.5, 0.6) is 0 Å². The molecule has 1 aliphatic carbocycles. The van der Waals surface area contributed by atoms with Gasteiger partial charge in [-0.3, -0.25) is 0 Å². The summed E-state index contributed by atoms with van der Waals surface area (Å²) in [7, 11) is 0. The highest BCUT2D eigenvalue weighted by molar-refractivity contribution is 5.63. The van der Waals surface area contributed by atoms with Crippen molar-refractivity contribution >= 4 is 0 Å². The van der Waals surface area contributed by atoms with E-state index in [1.54, 1.807) is 0 Å². The maximum Gasteiger partial charge on any atom is 0.0438 e. The molecule has 110 valence electrons. The summed E-state index contributed by atoms with van der Waals surface area (Å²) in [6.07, 6.45) is 3.64. The first-order chi connectivity index (χ1) is 10.1. The highest BCUT2D eigenvalue weighted by atomic mass is 14.8. The van der Waals surface area contributed by atoms with Crippen LogP contribution in [0.4, 0.5) is 0 Å². The molecule has 2 aromatic carbocycles. The van der Waals surface area contributed by atoms with Crippen LogP contribution in [-0.4, -0.2) is 0 Å². The minimum Gasteiger partial charge on any atom is -0.321 e. The van der Waals surface area contributed by atoms with Crippen LogP contribution in [0.3, 0.4) is 0 Å². The standard InChI is InChI=1S/C20H25N/c1-15-8-9-16(2)20(21,14-15)19-12-10-18(11-13-19)17-6-4-3-5-7-17/h3-7,10-13,15-16H,8-9,14,21H2,1-2H3. The van der Waals surface area contributed by atoms with Gasteiger partial charge in [-0.2, -0.15) is 0 Å². The van der Waals surface area contributed by atoms with Crippen LogP contribution < -0.4 is 5.73 Å². The molecule has 1 saturated carbocycles. The van der Waals surface area contributed by atoms with E-state index in [1.165, 1.54) is 29.5 Å². The molecule has 0 amide bonds. The number of rotatable bonds is 2. The predicted molar refractivity (Wildman–Crippen MR) is 89.9 cm³/mol. The monoisotopic (exact) mass is 279 g/mol. The Hall–Kier alpha value is -1.60. The molecule has 1 aliphatic rings. The summed E-state index contributed by atoms with van der Waals surface area (Å²) >= 11 is 0. The molecule has 1 heteroatoms. The summed E-state index contributed by atoms with van der Waals surface area (Å²) in [5.41, 5.74) is 10.5. The predicted octanol–water partition coefficient (Wildman–Crippen LogP) is 4.96. The highest BCUT2D eigenvalue weighted by Crippen LogP contribution is 2.42. The third kappa shape index (κ3) is 2.75. The zero-order valence-electron chi connectivity index (χ0n) is 13.0. The molecule has 0 spiro atoms. The van der Waals surface area contributed by atoms with Gasteiger partial charge in [-0.15, -0.1) is 0 Å². The zero-order valence-corrected chi connectivity index (χ0v) is 13.0. The lowest BCUT2D eigenvalue weighted by Crippen LogP contribution is -2.47. The average molecular weight is 279 g/mol. The summed E-state index contributed by atoms with van der Waals surface area (Å²) in [5.74, 6) is 1.27. The molecule has 2 N–H and O–H groups in total. The van der Waals surface area contributed by atoms with Gasteiger partial charge in [-0.05, 0) is 41.4 Å². The Morgan fingerprint density at radius 2 is 1.48 bits per heavy atom. The van der Waals surface area contributed by atoms with Gasteiger partial charge in [-0.25, -0.2) is 0 Å². The van der Waals surface area contributed by atoms with Gasteiger partial charge in [-0.1, -0.05) is 74.9 Å². The summed E-state index contributed by atoms with van der Waals surface area (Å²) in [6.45, 7) is 4.63. The molecule has 0 heterocycles. The van der Waals surface area contributed by atoms with Gasteiger partial charge in [0.25, 0.3) is 0 Å². The van der Waals surface area contributed by atoms with Gasteiger partial charge in [0.15, 0.2) is 0 Å². The van der Waals surface area contributed by atoms with Crippen molar-refractivity contribution in [3.05, 3.63) is 60.2 Å². The summed E-state index contributed by atoms with van der Waals surface area (Å²) in [5, 5.41) is 0. The topological polar surface area (TPSA) is 26.0 Å². The second-order valence-corrected chi connectivity index (χ2v) is 6.77. The van der Waals surface area contributed by atoms with Crippen molar-refractivity contribution in [1.29, 1.82) is 0 Å². The molecule has 0 radical (unpaired) electrons. The minimum atomic E-state index is -0.160. The Balaban J connectivity index is 1.90. The normalized spacial score (nSPS) is 29.3. The van der Waals surface area contributed by atoms with Crippen molar-refractivity contribution in [3.8, 4) is 11.1 Å². The number of benzene rings is 2. The van der Waals surface area contributed by atoms with Crippen LogP contribution in [0.25, 0.3) is 11.1 Å². The van der Waals surface area contributed by atoms with Gasteiger partial charge < -0.3 is 5.73 Å². The molecule has 0 aromatic heterocycles.